The van der Waals surface area contributed by atoms with Crippen molar-refractivity contribution in [1.29, 1.82) is 0 Å². The van der Waals surface area contributed by atoms with Gasteiger partial charge in [0.2, 0.25) is 0 Å². The van der Waals surface area contributed by atoms with Gasteiger partial charge in [0.05, 0.1) is 7.11 Å². The molecule has 1 aromatic rings. The maximum Gasteiger partial charge on any atom is 0.119 e. The monoisotopic (exact) mass is 263 g/mol. The molecule has 2 N–H and O–H groups in total. The Morgan fingerprint density at radius 1 is 1.11 bits per heavy atom. The summed E-state index contributed by atoms with van der Waals surface area (Å²) in [6.07, 6.45) is 1.09. The van der Waals surface area contributed by atoms with Crippen LogP contribution in [0.3, 0.4) is 0 Å². The molecule has 1 saturated heterocycles. The van der Waals surface area contributed by atoms with Crippen molar-refractivity contribution in [1.82, 2.24) is 9.80 Å². The third kappa shape index (κ3) is 4.49. The predicted octanol–water partition coefficient (Wildman–Crippen LogP) is 0.814. The fraction of sp³-hybridized carbons (Fsp3) is 0.600. The molecular formula is C15H25N3O. The van der Waals surface area contributed by atoms with Gasteiger partial charge in [0.25, 0.3) is 0 Å². The lowest BCUT2D eigenvalue weighted by molar-refractivity contribution is 0.136. The van der Waals surface area contributed by atoms with Gasteiger partial charge in [-0.2, -0.15) is 0 Å². The standard InChI is InChI=1S/C15H25N3O/c1-19-15-4-2-3-14(13-15)5-7-17-9-11-18(8-6-16)12-10-17/h2-4,13H,5-12,16H2,1H3. The molecule has 0 saturated carbocycles. The van der Waals surface area contributed by atoms with Gasteiger partial charge < -0.3 is 15.4 Å². The number of ether oxygens (including phenoxy) is 1. The first-order chi connectivity index (χ1) is 9.31. The normalized spacial score (nSPS) is 17.6. The van der Waals surface area contributed by atoms with Crippen molar-refractivity contribution in [2.24, 2.45) is 5.73 Å². The quantitative estimate of drug-likeness (QED) is 0.825. The molecule has 1 aliphatic heterocycles. The fourth-order valence-corrected chi connectivity index (χ4v) is 2.53. The molecule has 0 amide bonds. The summed E-state index contributed by atoms with van der Waals surface area (Å²) in [5.41, 5.74) is 6.94. The fourth-order valence-electron chi connectivity index (χ4n) is 2.53. The molecule has 0 radical (unpaired) electrons. The summed E-state index contributed by atoms with van der Waals surface area (Å²) < 4.78 is 5.26. The van der Waals surface area contributed by atoms with Crippen LogP contribution in [-0.2, 0) is 6.42 Å². The molecule has 19 heavy (non-hydrogen) atoms. The molecule has 1 aromatic carbocycles. The van der Waals surface area contributed by atoms with E-state index in [1.54, 1.807) is 7.11 Å². The maximum atomic E-state index is 5.59. The van der Waals surface area contributed by atoms with Crippen LogP contribution in [0.4, 0.5) is 0 Å². The van der Waals surface area contributed by atoms with Crippen molar-refractivity contribution in [2.75, 3.05) is 52.9 Å². The molecule has 4 heteroatoms. The van der Waals surface area contributed by atoms with Crippen LogP contribution in [0.1, 0.15) is 5.56 Å². The van der Waals surface area contributed by atoms with E-state index in [0.717, 1.165) is 58.0 Å². The number of nitrogens with zero attached hydrogens (tertiary/aromatic N) is 2. The number of nitrogens with two attached hydrogens (primary N) is 1. The summed E-state index contributed by atoms with van der Waals surface area (Å²) in [6.45, 7) is 7.54. The molecule has 0 aliphatic carbocycles. The van der Waals surface area contributed by atoms with E-state index in [0.29, 0.717) is 0 Å². The zero-order chi connectivity index (χ0) is 13.5. The number of piperazine rings is 1. The van der Waals surface area contributed by atoms with Crippen LogP contribution in [0.2, 0.25) is 0 Å². The molecule has 106 valence electrons. The molecule has 0 bridgehead atoms. The van der Waals surface area contributed by atoms with E-state index in [-0.39, 0.29) is 0 Å². The van der Waals surface area contributed by atoms with Crippen LogP contribution in [0.15, 0.2) is 24.3 Å². The minimum atomic E-state index is 0.768. The Bertz CT molecular complexity index is 375. The highest BCUT2D eigenvalue weighted by Crippen LogP contribution is 2.13. The molecule has 0 spiro atoms. The summed E-state index contributed by atoms with van der Waals surface area (Å²) in [4.78, 5) is 4.98. The molecule has 2 rings (SSSR count). The number of methoxy groups -OCH3 is 1. The van der Waals surface area contributed by atoms with Gasteiger partial charge in [0, 0.05) is 45.8 Å². The molecular weight excluding hydrogens is 238 g/mol. The average Bonchev–Trinajstić information content (AvgIpc) is 2.47. The van der Waals surface area contributed by atoms with E-state index in [1.807, 2.05) is 6.07 Å². The minimum absolute atomic E-state index is 0.768. The van der Waals surface area contributed by atoms with Crippen molar-refractivity contribution in [3.63, 3.8) is 0 Å². The average molecular weight is 263 g/mol. The Kier molecular flexibility index (Phi) is 5.63. The van der Waals surface area contributed by atoms with E-state index in [1.165, 1.54) is 5.56 Å². The van der Waals surface area contributed by atoms with Crippen molar-refractivity contribution in [3.8, 4) is 5.75 Å². The maximum absolute atomic E-state index is 5.59. The lowest BCUT2D eigenvalue weighted by Crippen LogP contribution is -2.48. The molecule has 0 aromatic heterocycles. The van der Waals surface area contributed by atoms with E-state index < -0.39 is 0 Å². The van der Waals surface area contributed by atoms with Gasteiger partial charge in [-0.3, -0.25) is 4.90 Å². The zero-order valence-corrected chi connectivity index (χ0v) is 11.8. The van der Waals surface area contributed by atoms with Crippen LogP contribution in [0, 0.1) is 0 Å². The number of benzene rings is 1. The van der Waals surface area contributed by atoms with Gasteiger partial charge in [-0.25, -0.2) is 0 Å². The van der Waals surface area contributed by atoms with Gasteiger partial charge in [-0.15, -0.1) is 0 Å². The molecule has 0 unspecified atom stereocenters. The Hall–Kier alpha value is -1.10. The second kappa shape index (κ2) is 7.48. The van der Waals surface area contributed by atoms with Crippen molar-refractivity contribution < 1.29 is 4.74 Å². The summed E-state index contributed by atoms with van der Waals surface area (Å²) >= 11 is 0. The largest absolute Gasteiger partial charge is 0.497 e. The van der Waals surface area contributed by atoms with Crippen molar-refractivity contribution in [3.05, 3.63) is 29.8 Å². The predicted molar refractivity (Wildman–Crippen MR) is 78.6 cm³/mol. The molecule has 1 fully saturated rings. The lowest BCUT2D eigenvalue weighted by atomic mass is 10.1. The van der Waals surface area contributed by atoms with Crippen LogP contribution >= 0.6 is 0 Å². The Balaban J connectivity index is 1.74. The first-order valence-electron chi connectivity index (χ1n) is 7.09. The Labute approximate surface area is 116 Å². The van der Waals surface area contributed by atoms with Crippen molar-refractivity contribution in [2.45, 2.75) is 6.42 Å². The van der Waals surface area contributed by atoms with Gasteiger partial charge in [0.1, 0.15) is 5.75 Å². The van der Waals surface area contributed by atoms with Crippen molar-refractivity contribution >= 4 is 0 Å². The number of hydrogen-bond acceptors (Lipinski definition) is 4. The van der Waals surface area contributed by atoms with Crippen LogP contribution < -0.4 is 10.5 Å². The third-order valence-corrected chi connectivity index (χ3v) is 3.76. The van der Waals surface area contributed by atoms with Crippen LogP contribution in [-0.4, -0.2) is 62.7 Å². The zero-order valence-electron chi connectivity index (χ0n) is 11.8. The second-order valence-corrected chi connectivity index (χ2v) is 5.07. The summed E-state index contributed by atoms with van der Waals surface area (Å²) in [5.74, 6) is 0.949. The Morgan fingerprint density at radius 3 is 2.42 bits per heavy atom. The Morgan fingerprint density at radius 2 is 1.79 bits per heavy atom. The van der Waals surface area contributed by atoms with Gasteiger partial charge in [0.15, 0.2) is 0 Å². The number of hydrogen-bond donors (Lipinski definition) is 1. The number of rotatable bonds is 6. The summed E-state index contributed by atoms with van der Waals surface area (Å²) in [7, 11) is 1.72. The molecule has 1 heterocycles. The smallest absolute Gasteiger partial charge is 0.119 e. The first kappa shape index (κ1) is 14.3. The SMILES string of the molecule is COc1cccc(CCN2CCN(CCN)CC2)c1. The first-order valence-corrected chi connectivity index (χ1v) is 7.09. The topological polar surface area (TPSA) is 41.7 Å². The lowest BCUT2D eigenvalue weighted by Gasteiger charge is -2.34. The van der Waals surface area contributed by atoms with E-state index in [4.69, 9.17) is 10.5 Å². The molecule has 4 nitrogen and oxygen atoms in total. The highest BCUT2D eigenvalue weighted by atomic mass is 16.5. The van der Waals surface area contributed by atoms with E-state index in [9.17, 15) is 0 Å². The molecule has 0 atom stereocenters. The highest BCUT2D eigenvalue weighted by molar-refractivity contribution is 5.28. The van der Waals surface area contributed by atoms with Gasteiger partial charge >= 0.3 is 0 Å². The van der Waals surface area contributed by atoms with Gasteiger partial charge in [-0.1, -0.05) is 12.1 Å². The van der Waals surface area contributed by atoms with Crippen LogP contribution in [0.25, 0.3) is 0 Å². The summed E-state index contributed by atoms with van der Waals surface area (Å²) in [6, 6.07) is 8.36. The second-order valence-electron chi connectivity index (χ2n) is 5.07. The van der Waals surface area contributed by atoms with Crippen LogP contribution in [0.5, 0.6) is 5.75 Å². The van der Waals surface area contributed by atoms with Gasteiger partial charge in [-0.05, 0) is 24.1 Å². The molecule has 1 aliphatic rings. The van der Waals surface area contributed by atoms with E-state index in [2.05, 4.69) is 28.0 Å². The van der Waals surface area contributed by atoms with E-state index >= 15 is 0 Å². The highest BCUT2D eigenvalue weighted by Gasteiger charge is 2.15. The minimum Gasteiger partial charge on any atom is -0.497 e. The summed E-state index contributed by atoms with van der Waals surface area (Å²) in [5, 5.41) is 0. The third-order valence-electron chi connectivity index (χ3n) is 3.76.